The van der Waals surface area contributed by atoms with E-state index in [1.807, 2.05) is 0 Å². The summed E-state index contributed by atoms with van der Waals surface area (Å²) in [5.74, 6) is -1.68. The number of halogens is 1. The number of rotatable bonds is 4. The first kappa shape index (κ1) is 14.0. The summed E-state index contributed by atoms with van der Waals surface area (Å²) in [6.07, 6.45) is 0. The molecule has 0 aromatic heterocycles. The molecule has 1 aromatic rings. The van der Waals surface area contributed by atoms with Crippen molar-refractivity contribution in [1.82, 2.24) is 0 Å². The summed E-state index contributed by atoms with van der Waals surface area (Å²) in [5, 5.41) is 13.0. The van der Waals surface area contributed by atoms with Crippen molar-refractivity contribution in [3.8, 4) is 0 Å². The maximum Gasteiger partial charge on any atom is 0.292 e. The molecular weight excluding hydrogens is 241 g/mol. The number of anilines is 1. The van der Waals surface area contributed by atoms with Crippen LogP contribution in [0.15, 0.2) is 18.2 Å². The highest BCUT2D eigenvalue weighted by molar-refractivity contribution is 5.94. The van der Waals surface area contributed by atoms with E-state index >= 15 is 0 Å². The number of nitro groups is 1. The lowest BCUT2D eigenvalue weighted by molar-refractivity contribution is -0.384. The van der Waals surface area contributed by atoms with Gasteiger partial charge in [0.1, 0.15) is 11.5 Å². The molecule has 7 heteroatoms. The summed E-state index contributed by atoms with van der Waals surface area (Å²) in [6, 6.07) is 2.46. The molecular formula is C11H14FN3O3. The number of carbonyl (C=O) groups is 1. The van der Waals surface area contributed by atoms with E-state index in [4.69, 9.17) is 5.73 Å². The molecule has 2 unspecified atom stereocenters. The standard InChI is InChI=1S/C11H14FN3O3/c1-6(7(2)13)11(16)14-9-5-8(12)3-4-10(9)15(17)18/h3-7H,13H2,1-2H3,(H,14,16). The van der Waals surface area contributed by atoms with Crippen LogP contribution >= 0.6 is 0 Å². The molecule has 18 heavy (non-hydrogen) atoms. The predicted molar refractivity (Wildman–Crippen MR) is 64.5 cm³/mol. The molecule has 0 aliphatic rings. The fraction of sp³-hybridized carbons (Fsp3) is 0.364. The van der Waals surface area contributed by atoms with Crippen molar-refractivity contribution in [2.24, 2.45) is 11.7 Å². The van der Waals surface area contributed by atoms with Gasteiger partial charge in [0.2, 0.25) is 5.91 Å². The highest BCUT2D eigenvalue weighted by Crippen LogP contribution is 2.25. The molecule has 0 radical (unpaired) electrons. The number of nitro benzene ring substituents is 1. The lowest BCUT2D eigenvalue weighted by Crippen LogP contribution is -2.34. The summed E-state index contributed by atoms with van der Waals surface area (Å²) in [7, 11) is 0. The molecule has 1 rings (SSSR count). The molecule has 0 aliphatic carbocycles. The zero-order chi connectivity index (χ0) is 13.9. The second kappa shape index (κ2) is 5.54. The Balaban J connectivity index is 2.99. The van der Waals surface area contributed by atoms with Gasteiger partial charge in [-0.15, -0.1) is 0 Å². The van der Waals surface area contributed by atoms with Crippen LogP contribution in [0.3, 0.4) is 0 Å². The minimum absolute atomic E-state index is 0.169. The smallest absolute Gasteiger partial charge is 0.292 e. The van der Waals surface area contributed by atoms with Crippen molar-refractivity contribution in [3.63, 3.8) is 0 Å². The van der Waals surface area contributed by atoms with Crippen LogP contribution in [0.1, 0.15) is 13.8 Å². The van der Waals surface area contributed by atoms with E-state index in [-0.39, 0.29) is 11.4 Å². The van der Waals surface area contributed by atoms with Gasteiger partial charge in [0.15, 0.2) is 0 Å². The number of nitrogens with one attached hydrogen (secondary N) is 1. The monoisotopic (exact) mass is 255 g/mol. The third-order valence-corrected chi connectivity index (χ3v) is 2.62. The van der Waals surface area contributed by atoms with Gasteiger partial charge in [0, 0.05) is 18.2 Å². The van der Waals surface area contributed by atoms with Crippen molar-refractivity contribution in [1.29, 1.82) is 0 Å². The third kappa shape index (κ3) is 3.24. The Morgan fingerprint density at radius 3 is 2.61 bits per heavy atom. The summed E-state index contributed by atoms with van der Waals surface area (Å²) < 4.78 is 13.0. The molecule has 0 bridgehead atoms. The minimum Gasteiger partial charge on any atom is -0.327 e. The highest BCUT2D eigenvalue weighted by Gasteiger charge is 2.21. The normalized spacial score (nSPS) is 13.8. The van der Waals surface area contributed by atoms with E-state index in [1.54, 1.807) is 13.8 Å². The van der Waals surface area contributed by atoms with E-state index in [0.717, 1.165) is 18.2 Å². The lowest BCUT2D eigenvalue weighted by Gasteiger charge is -2.15. The minimum atomic E-state index is -0.689. The first-order valence-corrected chi connectivity index (χ1v) is 5.33. The van der Waals surface area contributed by atoms with E-state index < -0.39 is 28.6 Å². The maximum absolute atomic E-state index is 13.0. The van der Waals surface area contributed by atoms with Crippen LogP contribution in [0.2, 0.25) is 0 Å². The van der Waals surface area contributed by atoms with Crippen LogP contribution in [0.5, 0.6) is 0 Å². The summed E-state index contributed by atoms with van der Waals surface area (Å²) >= 11 is 0. The Hall–Kier alpha value is -2.02. The number of benzene rings is 1. The number of nitrogens with two attached hydrogens (primary N) is 1. The van der Waals surface area contributed by atoms with Crippen molar-refractivity contribution < 1.29 is 14.1 Å². The molecule has 0 aliphatic heterocycles. The first-order valence-electron chi connectivity index (χ1n) is 5.33. The molecule has 1 aromatic carbocycles. The fourth-order valence-corrected chi connectivity index (χ4v) is 1.25. The van der Waals surface area contributed by atoms with E-state index in [1.165, 1.54) is 0 Å². The fourth-order valence-electron chi connectivity index (χ4n) is 1.25. The van der Waals surface area contributed by atoms with Crippen molar-refractivity contribution >= 4 is 17.3 Å². The van der Waals surface area contributed by atoms with E-state index in [2.05, 4.69) is 5.32 Å². The second-order valence-electron chi connectivity index (χ2n) is 4.06. The Morgan fingerprint density at radius 1 is 1.50 bits per heavy atom. The summed E-state index contributed by atoms with van der Waals surface area (Å²) in [6.45, 7) is 3.23. The summed E-state index contributed by atoms with van der Waals surface area (Å²) in [5.41, 5.74) is 5.02. The number of nitrogens with zero attached hydrogens (tertiary/aromatic N) is 1. The number of hydrogen-bond donors (Lipinski definition) is 2. The molecule has 0 saturated heterocycles. The van der Waals surface area contributed by atoms with E-state index in [0.29, 0.717) is 0 Å². The zero-order valence-electron chi connectivity index (χ0n) is 10.0. The first-order chi connectivity index (χ1) is 8.32. The molecule has 0 fully saturated rings. The zero-order valence-corrected chi connectivity index (χ0v) is 10.0. The largest absolute Gasteiger partial charge is 0.327 e. The maximum atomic E-state index is 13.0. The van der Waals surface area contributed by atoms with Crippen LogP contribution in [-0.4, -0.2) is 16.9 Å². The van der Waals surface area contributed by atoms with Crippen LogP contribution in [0.25, 0.3) is 0 Å². The number of hydrogen-bond acceptors (Lipinski definition) is 4. The molecule has 1 amide bonds. The Morgan fingerprint density at radius 2 is 2.11 bits per heavy atom. The van der Waals surface area contributed by atoms with Gasteiger partial charge in [0.25, 0.3) is 5.69 Å². The van der Waals surface area contributed by atoms with Crippen LogP contribution in [0.4, 0.5) is 15.8 Å². The third-order valence-electron chi connectivity index (χ3n) is 2.62. The Kier molecular flexibility index (Phi) is 4.33. The van der Waals surface area contributed by atoms with Gasteiger partial charge >= 0.3 is 0 Å². The molecule has 2 atom stereocenters. The molecule has 0 heterocycles. The second-order valence-corrected chi connectivity index (χ2v) is 4.06. The van der Waals surface area contributed by atoms with Gasteiger partial charge < -0.3 is 11.1 Å². The molecule has 98 valence electrons. The SMILES string of the molecule is CC(N)C(C)C(=O)Nc1cc(F)ccc1[N+](=O)[O-]. The van der Waals surface area contributed by atoms with Crippen LogP contribution < -0.4 is 11.1 Å². The number of carbonyl (C=O) groups excluding carboxylic acids is 1. The van der Waals surface area contributed by atoms with Crippen LogP contribution in [0, 0.1) is 21.8 Å². The average molecular weight is 255 g/mol. The number of amides is 1. The van der Waals surface area contributed by atoms with E-state index in [9.17, 15) is 19.3 Å². The van der Waals surface area contributed by atoms with Gasteiger partial charge in [-0.25, -0.2) is 4.39 Å². The van der Waals surface area contributed by atoms with Gasteiger partial charge in [-0.3, -0.25) is 14.9 Å². The Labute approximate surface area is 103 Å². The van der Waals surface area contributed by atoms with Crippen molar-refractivity contribution in [3.05, 3.63) is 34.1 Å². The quantitative estimate of drug-likeness (QED) is 0.631. The highest BCUT2D eigenvalue weighted by atomic mass is 19.1. The molecule has 6 nitrogen and oxygen atoms in total. The van der Waals surface area contributed by atoms with Gasteiger partial charge in [-0.2, -0.15) is 0 Å². The van der Waals surface area contributed by atoms with Crippen molar-refractivity contribution in [2.45, 2.75) is 19.9 Å². The van der Waals surface area contributed by atoms with Gasteiger partial charge in [0.05, 0.1) is 10.8 Å². The van der Waals surface area contributed by atoms with Crippen LogP contribution in [-0.2, 0) is 4.79 Å². The van der Waals surface area contributed by atoms with Gasteiger partial charge in [-0.05, 0) is 13.0 Å². The average Bonchev–Trinajstić information content (AvgIpc) is 2.27. The molecule has 3 N–H and O–H groups in total. The predicted octanol–water partition coefficient (Wildman–Crippen LogP) is 1.66. The van der Waals surface area contributed by atoms with Gasteiger partial charge in [-0.1, -0.05) is 6.92 Å². The summed E-state index contributed by atoms with van der Waals surface area (Å²) in [4.78, 5) is 21.7. The molecule has 0 saturated carbocycles. The topological polar surface area (TPSA) is 98.3 Å². The van der Waals surface area contributed by atoms with Crippen molar-refractivity contribution in [2.75, 3.05) is 5.32 Å². The molecule has 0 spiro atoms. The lowest BCUT2D eigenvalue weighted by atomic mass is 10.0. The Bertz CT molecular complexity index is 477.